The molecule has 2 atom stereocenters. The number of hydrogen-bond acceptors (Lipinski definition) is 6. The fourth-order valence-electron chi connectivity index (χ4n) is 4.79. The van der Waals surface area contributed by atoms with Crippen molar-refractivity contribution in [2.24, 2.45) is 0 Å². The number of ether oxygens (including phenoxy) is 2. The summed E-state index contributed by atoms with van der Waals surface area (Å²) in [4.78, 5) is 31.2. The van der Waals surface area contributed by atoms with Gasteiger partial charge in [-0.05, 0) is 72.9 Å². The Morgan fingerprint density at radius 1 is 1.00 bits per heavy atom. The first-order valence-corrected chi connectivity index (χ1v) is 12.7. The number of pyridine rings is 1. The van der Waals surface area contributed by atoms with E-state index in [1.165, 1.54) is 14.2 Å². The Hall–Kier alpha value is -4.54. The molecule has 2 N–H and O–H groups in total. The number of thiocarbonyl (C=S) groups is 1. The van der Waals surface area contributed by atoms with Gasteiger partial charge in [0.1, 0.15) is 12.6 Å². The smallest absolute Gasteiger partial charge is 0.339 e. The Kier molecular flexibility index (Phi) is 7.67. The summed E-state index contributed by atoms with van der Waals surface area (Å²) in [5.74, 6) is -0.659. The highest BCUT2D eigenvalue weighted by Gasteiger charge is 2.42. The second kappa shape index (κ2) is 11.5. The Morgan fingerprint density at radius 3 is 2.49 bits per heavy atom. The molecule has 1 amide bonds. The zero-order chi connectivity index (χ0) is 27.4. The van der Waals surface area contributed by atoms with E-state index in [2.05, 4.69) is 15.6 Å². The van der Waals surface area contributed by atoms with Crippen LogP contribution in [0.2, 0.25) is 0 Å². The monoisotopic (exact) mass is 541 g/mol. The van der Waals surface area contributed by atoms with Crippen LogP contribution in [0, 0.1) is 0 Å². The molecule has 2 aromatic carbocycles. The second-order valence-electron chi connectivity index (χ2n) is 8.84. The molecular weight excluding hydrogens is 514 g/mol. The average Bonchev–Trinajstić information content (AvgIpc) is 3.58. The molecule has 3 heterocycles. The molecule has 1 saturated heterocycles. The van der Waals surface area contributed by atoms with Gasteiger partial charge in [0.2, 0.25) is 5.91 Å². The highest BCUT2D eigenvalue weighted by Crippen LogP contribution is 2.42. The molecule has 10 heteroatoms. The molecule has 1 fully saturated rings. The van der Waals surface area contributed by atoms with Crippen molar-refractivity contribution in [2.45, 2.75) is 12.1 Å². The number of nitrogens with zero attached hydrogens (tertiary/aromatic N) is 3. The van der Waals surface area contributed by atoms with Gasteiger partial charge in [-0.3, -0.25) is 9.78 Å². The van der Waals surface area contributed by atoms with Crippen molar-refractivity contribution >= 4 is 40.6 Å². The van der Waals surface area contributed by atoms with E-state index < -0.39 is 5.97 Å². The molecule has 9 nitrogen and oxygen atoms in total. The van der Waals surface area contributed by atoms with Crippen LogP contribution in [-0.2, 0) is 14.3 Å². The van der Waals surface area contributed by atoms with Crippen molar-refractivity contribution in [2.75, 3.05) is 31.0 Å². The van der Waals surface area contributed by atoms with Gasteiger partial charge in [-0.1, -0.05) is 18.2 Å². The van der Waals surface area contributed by atoms with Gasteiger partial charge in [0.15, 0.2) is 5.11 Å². The van der Waals surface area contributed by atoms with Crippen molar-refractivity contribution in [3.05, 3.63) is 108 Å². The first-order chi connectivity index (χ1) is 19.0. The molecule has 0 unspecified atom stereocenters. The van der Waals surface area contributed by atoms with Crippen LogP contribution >= 0.6 is 12.2 Å². The first kappa shape index (κ1) is 26.1. The molecule has 0 radical (unpaired) electrons. The van der Waals surface area contributed by atoms with Crippen LogP contribution in [0.4, 0.5) is 11.4 Å². The van der Waals surface area contributed by atoms with Crippen LogP contribution in [0.5, 0.6) is 0 Å². The summed E-state index contributed by atoms with van der Waals surface area (Å²) < 4.78 is 11.9. The zero-order valence-corrected chi connectivity index (χ0v) is 22.2. The number of carbonyl (C=O) groups excluding carboxylic acids is 2. The van der Waals surface area contributed by atoms with E-state index >= 15 is 0 Å². The molecule has 1 aliphatic heterocycles. The Labute approximate surface area is 231 Å². The predicted octanol–water partition coefficient (Wildman–Crippen LogP) is 4.42. The van der Waals surface area contributed by atoms with Gasteiger partial charge >= 0.3 is 5.97 Å². The summed E-state index contributed by atoms with van der Waals surface area (Å²) in [7, 11) is 2.84. The molecule has 1 aliphatic rings. The minimum absolute atomic E-state index is 0.0280. The molecule has 39 heavy (non-hydrogen) atoms. The third-order valence-corrected chi connectivity index (χ3v) is 6.77. The molecule has 0 bridgehead atoms. The van der Waals surface area contributed by atoms with Gasteiger partial charge < -0.3 is 29.6 Å². The van der Waals surface area contributed by atoms with E-state index in [4.69, 9.17) is 21.7 Å². The minimum atomic E-state index is -0.422. The van der Waals surface area contributed by atoms with Crippen molar-refractivity contribution in [1.82, 2.24) is 14.9 Å². The maximum atomic E-state index is 12.6. The Balaban J connectivity index is 1.59. The van der Waals surface area contributed by atoms with Gasteiger partial charge in [0, 0.05) is 36.6 Å². The maximum Gasteiger partial charge on any atom is 0.339 e. The predicted molar refractivity (Wildman–Crippen MR) is 152 cm³/mol. The molecule has 198 valence electrons. The van der Waals surface area contributed by atoms with E-state index in [0.717, 1.165) is 17.1 Å². The summed E-state index contributed by atoms with van der Waals surface area (Å²) >= 11 is 5.85. The van der Waals surface area contributed by atoms with Crippen molar-refractivity contribution in [1.29, 1.82) is 0 Å². The Morgan fingerprint density at radius 2 is 1.77 bits per heavy atom. The average molecular weight is 542 g/mol. The number of benzene rings is 2. The number of para-hydroxylation sites is 1. The molecular formula is C29H27N5O4S. The molecule has 4 aromatic rings. The highest BCUT2D eigenvalue weighted by atomic mass is 32.1. The standard InChI is InChI=1S/C29H27N5O4S/c1-37-18-25(35)31-19-12-14-20(15-13-19)34-27(26(32-29(34)39)22-9-5-6-16-30-22)24-11-7-17-33(24)23-10-4-3-8-21(23)28(36)38-2/h3-17,26-27H,18H2,1-2H3,(H,31,35)(H,32,39)/t26-,27-/m1/s1. The van der Waals surface area contributed by atoms with Crippen LogP contribution in [-0.4, -0.2) is 47.4 Å². The lowest BCUT2D eigenvalue weighted by Crippen LogP contribution is -2.30. The summed E-state index contributed by atoms with van der Waals surface area (Å²) in [6.07, 6.45) is 3.67. The number of rotatable bonds is 8. The van der Waals surface area contributed by atoms with Gasteiger partial charge in [-0.25, -0.2) is 4.79 Å². The normalized spacial score (nSPS) is 16.6. The lowest BCUT2D eigenvalue weighted by molar-refractivity contribution is -0.119. The lowest BCUT2D eigenvalue weighted by Gasteiger charge is -2.29. The fourth-order valence-corrected chi connectivity index (χ4v) is 5.13. The Bertz CT molecular complexity index is 1490. The van der Waals surface area contributed by atoms with Crippen LogP contribution in [0.25, 0.3) is 5.69 Å². The third-order valence-electron chi connectivity index (χ3n) is 6.45. The molecule has 0 saturated carbocycles. The zero-order valence-electron chi connectivity index (χ0n) is 21.4. The third kappa shape index (κ3) is 5.25. The molecule has 0 spiro atoms. The van der Waals surface area contributed by atoms with Gasteiger partial charge in [0.25, 0.3) is 0 Å². The van der Waals surface area contributed by atoms with E-state index in [1.54, 1.807) is 18.3 Å². The highest BCUT2D eigenvalue weighted by molar-refractivity contribution is 7.80. The largest absolute Gasteiger partial charge is 0.465 e. The number of aromatic nitrogens is 2. The first-order valence-electron chi connectivity index (χ1n) is 12.3. The summed E-state index contributed by atoms with van der Waals surface area (Å²) in [6, 6.07) is 23.9. The molecule has 0 aliphatic carbocycles. The van der Waals surface area contributed by atoms with Crippen molar-refractivity contribution in [3.63, 3.8) is 0 Å². The van der Waals surface area contributed by atoms with E-state index in [-0.39, 0.29) is 24.6 Å². The van der Waals surface area contributed by atoms with Crippen LogP contribution < -0.4 is 15.5 Å². The topological polar surface area (TPSA) is 97.7 Å². The quantitative estimate of drug-likeness (QED) is 0.250. The van der Waals surface area contributed by atoms with Crippen molar-refractivity contribution in [3.8, 4) is 5.69 Å². The number of carbonyl (C=O) groups is 2. The van der Waals surface area contributed by atoms with Crippen LogP contribution in [0.3, 0.4) is 0 Å². The fraction of sp³-hybridized carbons (Fsp3) is 0.172. The summed E-state index contributed by atoms with van der Waals surface area (Å²) in [5, 5.41) is 6.79. The van der Waals surface area contributed by atoms with E-state index in [1.807, 2.05) is 82.4 Å². The second-order valence-corrected chi connectivity index (χ2v) is 9.22. The van der Waals surface area contributed by atoms with E-state index in [9.17, 15) is 9.59 Å². The number of anilines is 2. The van der Waals surface area contributed by atoms with Gasteiger partial charge in [-0.15, -0.1) is 0 Å². The number of hydrogen-bond donors (Lipinski definition) is 2. The lowest BCUT2D eigenvalue weighted by atomic mass is 10.0. The number of nitrogens with one attached hydrogen (secondary N) is 2. The maximum absolute atomic E-state index is 12.6. The van der Waals surface area contributed by atoms with Crippen LogP contribution in [0.1, 0.15) is 33.8 Å². The number of esters is 1. The van der Waals surface area contributed by atoms with Crippen LogP contribution in [0.15, 0.2) is 91.3 Å². The number of methoxy groups -OCH3 is 2. The minimum Gasteiger partial charge on any atom is -0.465 e. The van der Waals surface area contributed by atoms with Crippen molar-refractivity contribution < 1.29 is 19.1 Å². The summed E-state index contributed by atoms with van der Waals surface area (Å²) in [5.41, 5.74) is 4.33. The SMILES string of the molecule is COCC(=O)Nc1ccc(N2C(=S)N[C@H](c3ccccn3)[C@H]2c2cccn2-c2ccccc2C(=O)OC)cc1. The van der Waals surface area contributed by atoms with Gasteiger partial charge in [-0.2, -0.15) is 0 Å². The molecule has 5 rings (SSSR count). The number of amides is 1. The summed E-state index contributed by atoms with van der Waals surface area (Å²) in [6.45, 7) is -0.0280. The van der Waals surface area contributed by atoms with E-state index in [0.29, 0.717) is 22.1 Å². The van der Waals surface area contributed by atoms with Gasteiger partial charge in [0.05, 0.1) is 30.1 Å². The molecule has 2 aromatic heterocycles.